The molecule has 5 nitrogen and oxygen atoms in total. The molecule has 5 heteroatoms. The van der Waals surface area contributed by atoms with Crippen LogP contribution >= 0.6 is 0 Å². The highest BCUT2D eigenvalue weighted by Gasteiger charge is 2.51. The van der Waals surface area contributed by atoms with E-state index in [1.807, 2.05) is 0 Å². The summed E-state index contributed by atoms with van der Waals surface area (Å²) in [6.45, 7) is 4.38. The maximum atomic E-state index is 11.7. The van der Waals surface area contributed by atoms with E-state index in [9.17, 15) is 9.59 Å². The summed E-state index contributed by atoms with van der Waals surface area (Å²) < 4.78 is 14.7. The molecule has 1 fully saturated rings. The summed E-state index contributed by atoms with van der Waals surface area (Å²) in [4.78, 5) is 23.3. The lowest BCUT2D eigenvalue weighted by Crippen LogP contribution is -2.50. The predicted octanol–water partition coefficient (Wildman–Crippen LogP) is 1.21. The number of carbonyl (C=O) groups excluding carboxylic acids is 2. The molecule has 0 bridgehead atoms. The fourth-order valence-electron chi connectivity index (χ4n) is 1.54. The Hall–Kier alpha value is -1.10. The maximum Gasteiger partial charge on any atom is 0.365 e. The van der Waals surface area contributed by atoms with Crippen molar-refractivity contribution in [1.29, 1.82) is 0 Å². The van der Waals surface area contributed by atoms with Gasteiger partial charge in [-0.05, 0) is 19.8 Å². The summed E-state index contributed by atoms with van der Waals surface area (Å²) in [5.74, 6) is -1.11. The molecule has 0 amide bonds. The van der Waals surface area contributed by atoms with Gasteiger partial charge < -0.3 is 14.2 Å². The van der Waals surface area contributed by atoms with Gasteiger partial charge in [-0.25, -0.2) is 0 Å². The van der Waals surface area contributed by atoms with Gasteiger partial charge in [-0.15, -0.1) is 0 Å². The van der Waals surface area contributed by atoms with Crippen LogP contribution in [0.3, 0.4) is 0 Å². The van der Waals surface area contributed by atoms with Crippen LogP contribution in [0.1, 0.15) is 33.6 Å². The average Bonchev–Trinajstić information content (AvgIpc) is 2.19. The van der Waals surface area contributed by atoms with E-state index in [4.69, 9.17) is 14.2 Å². The number of ether oxygens (including phenoxy) is 3. The van der Waals surface area contributed by atoms with E-state index in [0.29, 0.717) is 19.4 Å². The van der Waals surface area contributed by atoms with Crippen molar-refractivity contribution in [3.05, 3.63) is 0 Å². The van der Waals surface area contributed by atoms with Gasteiger partial charge in [0, 0.05) is 0 Å². The third-order valence-corrected chi connectivity index (χ3v) is 2.70. The van der Waals surface area contributed by atoms with E-state index >= 15 is 0 Å². The summed E-state index contributed by atoms with van der Waals surface area (Å²) in [5.41, 5.74) is -1.15. The number of hydrogen-bond acceptors (Lipinski definition) is 5. The zero-order valence-electron chi connectivity index (χ0n) is 9.24. The van der Waals surface area contributed by atoms with Crippen LogP contribution in [0.2, 0.25) is 0 Å². The molecule has 15 heavy (non-hydrogen) atoms. The second-order valence-corrected chi connectivity index (χ2v) is 3.34. The summed E-state index contributed by atoms with van der Waals surface area (Å²) in [6.07, 6.45) is 0.750. The molecule has 0 N–H and O–H groups in total. The molecule has 0 radical (unpaired) electrons. The molecule has 1 saturated heterocycles. The van der Waals surface area contributed by atoms with E-state index < -0.39 is 23.8 Å². The molecule has 86 valence electrons. The van der Waals surface area contributed by atoms with E-state index in [1.54, 1.807) is 20.8 Å². The van der Waals surface area contributed by atoms with E-state index in [-0.39, 0.29) is 0 Å². The molecule has 1 aliphatic rings. The highest BCUT2D eigenvalue weighted by atomic mass is 16.9. The van der Waals surface area contributed by atoms with E-state index in [2.05, 4.69) is 0 Å². The minimum absolute atomic E-state index is 0.316. The van der Waals surface area contributed by atoms with Gasteiger partial charge in [-0.1, -0.05) is 13.8 Å². The van der Waals surface area contributed by atoms with Crippen molar-refractivity contribution in [1.82, 2.24) is 0 Å². The van der Waals surface area contributed by atoms with Crippen LogP contribution in [0.4, 0.5) is 0 Å². The minimum Gasteiger partial charge on any atom is -0.399 e. The van der Waals surface area contributed by atoms with Crippen LogP contribution in [0.25, 0.3) is 0 Å². The van der Waals surface area contributed by atoms with Crippen LogP contribution in [0.15, 0.2) is 0 Å². The largest absolute Gasteiger partial charge is 0.399 e. The molecule has 0 aromatic rings. The molecule has 0 saturated carbocycles. The van der Waals surface area contributed by atoms with Crippen molar-refractivity contribution in [2.45, 2.75) is 40.1 Å². The Morgan fingerprint density at radius 3 is 1.93 bits per heavy atom. The first-order valence-electron chi connectivity index (χ1n) is 5.14. The van der Waals surface area contributed by atoms with Crippen LogP contribution in [0, 0.1) is 5.41 Å². The van der Waals surface area contributed by atoms with Crippen molar-refractivity contribution in [3.8, 4) is 0 Å². The quantitative estimate of drug-likeness (QED) is 0.522. The van der Waals surface area contributed by atoms with Gasteiger partial charge in [-0.2, -0.15) is 0 Å². The molecule has 0 unspecified atom stereocenters. The molecular weight excluding hydrogens is 200 g/mol. The molecule has 0 aromatic carbocycles. The fourth-order valence-corrected chi connectivity index (χ4v) is 1.54. The van der Waals surface area contributed by atoms with Crippen molar-refractivity contribution in [2.75, 3.05) is 6.61 Å². The Morgan fingerprint density at radius 2 is 1.60 bits per heavy atom. The molecule has 0 aromatic heterocycles. The first-order valence-corrected chi connectivity index (χ1v) is 5.14. The third kappa shape index (κ3) is 1.97. The zero-order valence-corrected chi connectivity index (χ0v) is 9.24. The zero-order chi connectivity index (χ0) is 11.5. The van der Waals surface area contributed by atoms with Crippen molar-refractivity contribution in [2.24, 2.45) is 5.41 Å². The third-order valence-electron chi connectivity index (χ3n) is 2.70. The van der Waals surface area contributed by atoms with Crippen LogP contribution < -0.4 is 0 Å². The van der Waals surface area contributed by atoms with Gasteiger partial charge in [0.15, 0.2) is 5.41 Å². The number of rotatable bonds is 4. The maximum absolute atomic E-state index is 11.7. The number of hydrogen-bond donors (Lipinski definition) is 0. The number of cyclic esters (lactones) is 2. The Bertz CT molecular complexity index is 237. The lowest BCUT2D eigenvalue weighted by Gasteiger charge is -2.34. The summed E-state index contributed by atoms with van der Waals surface area (Å²) >= 11 is 0. The molecule has 1 aliphatic heterocycles. The summed E-state index contributed by atoms with van der Waals surface area (Å²) in [7, 11) is 0. The second kappa shape index (κ2) is 4.61. The van der Waals surface area contributed by atoms with Crippen LogP contribution in [-0.4, -0.2) is 25.0 Å². The Balaban J connectivity index is 2.81. The molecule has 1 heterocycles. The van der Waals surface area contributed by atoms with Gasteiger partial charge in [0.25, 0.3) is 0 Å². The number of esters is 2. The Labute approximate surface area is 88.7 Å². The Kier molecular flexibility index (Phi) is 3.68. The smallest absolute Gasteiger partial charge is 0.365 e. The summed E-state index contributed by atoms with van der Waals surface area (Å²) in [5, 5.41) is 0. The molecule has 0 atom stereocenters. The molecule has 0 aliphatic carbocycles. The minimum atomic E-state index is -1.18. The van der Waals surface area contributed by atoms with Crippen molar-refractivity contribution in [3.63, 3.8) is 0 Å². The first-order chi connectivity index (χ1) is 7.10. The average molecular weight is 216 g/mol. The van der Waals surface area contributed by atoms with Gasteiger partial charge in [0.1, 0.15) is 0 Å². The van der Waals surface area contributed by atoms with E-state index in [1.165, 1.54) is 0 Å². The van der Waals surface area contributed by atoms with E-state index in [0.717, 1.165) is 0 Å². The lowest BCUT2D eigenvalue weighted by atomic mass is 9.82. The lowest BCUT2D eigenvalue weighted by molar-refractivity contribution is -0.291. The SMILES string of the molecule is CCOC1OC(=O)C(CC)(CC)C(=O)O1. The standard InChI is InChI=1S/C10H16O5/c1-4-10(5-2)7(11)14-9(13-6-3)15-8(10)12/h9H,4-6H2,1-3H3. The normalized spacial score (nSPS) is 21.0. The molecular formula is C10H16O5. The predicted molar refractivity (Wildman–Crippen MR) is 50.6 cm³/mol. The molecule has 1 rings (SSSR count). The first kappa shape index (κ1) is 12.0. The number of carbonyl (C=O) groups is 2. The van der Waals surface area contributed by atoms with Crippen LogP contribution in [-0.2, 0) is 23.8 Å². The highest BCUT2D eigenvalue weighted by Crippen LogP contribution is 2.34. The van der Waals surface area contributed by atoms with Crippen molar-refractivity contribution < 1.29 is 23.8 Å². The van der Waals surface area contributed by atoms with Gasteiger partial charge in [0.2, 0.25) is 0 Å². The second-order valence-electron chi connectivity index (χ2n) is 3.34. The highest BCUT2D eigenvalue weighted by molar-refractivity contribution is 6.01. The summed E-state index contributed by atoms with van der Waals surface area (Å²) in [6, 6.07) is 0. The Morgan fingerprint density at radius 1 is 1.13 bits per heavy atom. The van der Waals surface area contributed by atoms with Gasteiger partial charge >= 0.3 is 18.4 Å². The monoisotopic (exact) mass is 216 g/mol. The molecule has 0 spiro atoms. The topological polar surface area (TPSA) is 61.8 Å². The van der Waals surface area contributed by atoms with Gasteiger partial charge in [-0.3, -0.25) is 9.59 Å². The van der Waals surface area contributed by atoms with Gasteiger partial charge in [0.05, 0.1) is 6.61 Å². The van der Waals surface area contributed by atoms with Crippen molar-refractivity contribution >= 4 is 11.9 Å². The fraction of sp³-hybridized carbons (Fsp3) is 0.800. The van der Waals surface area contributed by atoms with Crippen LogP contribution in [0.5, 0.6) is 0 Å².